The second-order valence-electron chi connectivity index (χ2n) is 4.45. The van der Waals surface area contributed by atoms with Crippen LogP contribution in [0.1, 0.15) is 40.0 Å². The molecule has 4 amide bonds. The van der Waals surface area contributed by atoms with Gasteiger partial charge in [-0.1, -0.05) is 26.3 Å². The summed E-state index contributed by atoms with van der Waals surface area (Å²) in [5.41, 5.74) is -0.438. The van der Waals surface area contributed by atoms with Gasteiger partial charge in [-0.3, -0.25) is 19.8 Å². The molecule has 1 fully saturated rings. The average Bonchev–Trinajstić information content (AvgIpc) is 2.35. The maximum Gasteiger partial charge on any atom is 0.330 e. The third-order valence-electron chi connectivity index (χ3n) is 3.48. The van der Waals surface area contributed by atoms with Crippen LogP contribution in [0.3, 0.4) is 0 Å². The molecule has 5 nitrogen and oxygen atoms in total. The van der Waals surface area contributed by atoms with Gasteiger partial charge in [-0.05, 0) is 25.3 Å². The van der Waals surface area contributed by atoms with Gasteiger partial charge < -0.3 is 0 Å². The van der Waals surface area contributed by atoms with Crippen LogP contribution in [-0.4, -0.2) is 29.8 Å². The van der Waals surface area contributed by atoms with E-state index in [4.69, 9.17) is 0 Å². The van der Waals surface area contributed by atoms with Crippen molar-refractivity contribution in [1.29, 1.82) is 0 Å². The second-order valence-corrected chi connectivity index (χ2v) is 4.45. The molecule has 1 heterocycles. The Balaban J connectivity index is 3.36. The maximum atomic E-state index is 12.4. The molecular weight excluding hydrogens is 232 g/mol. The predicted octanol–water partition coefficient (Wildman–Crippen LogP) is 1.84. The van der Waals surface area contributed by atoms with E-state index in [1.165, 1.54) is 7.05 Å². The summed E-state index contributed by atoms with van der Waals surface area (Å²) in [4.78, 5) is 37.1. The number of allylic oxidation sites excluding steroid dienone is 1. The van der Waals surface area contributed by atoms with Gasteiger partial charge in [-0.25, -0.2) is 4.79 Å². The fourth-order valence-corrected chi connectivity index (χ4v) is 2.55. The van der Waals surface area contributed by atoms with Crippen molar-refractivity contribution in [1.82, 2.24) is 10.2 Å². The Kier molecular flexibility index (Phi) is 4.27. The van der Waals surface area contributed by atoms with Crippen molar-refractivity contribution in [3.63, 3.8) is 0 Å². The lowest BCUT2D eigenvalue weighted by Crippen LogP contribution is -2.63. The molecule has 0 bridgehead atoms. The molecule has 0 aromatic carbocycles. The van der Waals surface area contributed by atoms with E-state index in [-0.39, 0.29) is 0 Å². The quantitative estimate of drug-likeness (QED) is 0.613. The first-order valence-electron chi connectivity index (χ1n) is 6.24. The van der Waals surface area contributed by atoms with Crippen molar-refractivity contribution >= 4 is 17.8 Å². The molecule has 0 spiro atoms. The van der Waals surface area contributed by atoms with Crippen LogP contribution in [0.15, 0.2) is 11.6 Å². The van der Waals surface area contributed by atoms with Gasteiger partial charge >= 0.3 is 6.03 Å². The average molecular weight is 252 g/mol. The molecule has 1 unspecified atom stereocenters. The lowest BCUT2D eigenvalue weighted by Gasteiger charge is -2.39. The summed E-state index contributed by atoms with van der Waals surface area (Å²) >= 11 is 0. The third kappa shape index (κ3) is 1.94. The molecule has 0 aromatic rings. The van der Waals surface area contributed by atoms with Gasteiger partial charge in [0.2, 0.25) is 11.8 Å². The Morgan fingerprint density at radius 1 is 1.33 bits per heavy atom. The minimum Gasteiger partial charge on any atom is -0.276 e. The first-order chi connectivity index (χ1) is 8.45. The van der Waals surface area contributed by atoms with Crippen LogP contribution in [-0.2, 0) is 9.59 Å². The van der Waals surface area contributed by atoms with Crippen molar-refractivity contribution in [3.8, 4) is 0 Å². The van der Waals surface area contributed by atoms with Crippen molar-refractivity contribution in [2.24, 2.45) is 5.41 Å². The predicted molar refractivity (Wildman–Crippen MR) is 67.7 cm³/mol. The molecule has 5 heteroatoms. The fourth-order valence-electron chi connectivity index (χ4n) is 2.55. The smallest absolute Gasteiger partial charge is 0.276 e. The number of carbonyl (C=O) groups is 3. The molecule has 1 aliphatic rings. The SMILES string of the molecule is C/C=C(\CC)C1(CCC)C(=O)NC(=O)N(C)C1=O. The van der Waals surface area contributed by atoms with E-state index in [2.05, 4.69) is 5.32 Å². The van der Waals surface area contributed by atoms with Gasteiger partial charge in [0.05, 0.1) is 0 Å². The van der Waals surface area contributed by atoms with E-state index in [0.717, 1.165) is 10.5 Å². The van der Waals surface area contributed by atoms with Crippen molar-refractivity contribution in [3.05, 3.63) is 11.6 Å². The molecular formula is C13H20N2O3. The fraction of sp³-hybridized carbons (Fsp3) is 0.615. The molecule has 1 atom stereocenters. The minimum absolute atomic E-state index is 0.419. The Morgan fingerprint density at radius 3 is 2.39 bits per heavy atom. The highest BCUT2D eigenvalue weighted by atomic mass is 16.2. The number of carbonyl (C=O) groups excluding carboxylic acids is 3. The van der Waals surface area contributed by atoms with Crippen LogP contribution in [0, 0.1) is 5.41 Å². The van der Waals surface area contributed by atoms with E-state index < -0.39 is 23.3 Å². The Morgan fingerprint density at radius 2 is 1.94 bits per heavy atom. The summed E-state index contributed by atoms with van der Waals surface area (Å²) < 4.78 is 0. The zero-order chi connectivity index (χ0) is 13.9. The van der Waals surface area contributed by atoms with Gasteiger partial charge in [0.15, 0.2) is 0 Å². The summed E-state index contributed by atoms with van der Waals surface area (Å²) in [5.74, 6) is -0.916. The third-order valence-corrected chi connectivity index (χ3v) is 3.48. The van der Waals surface area contributed by atoms with Gasteiger partial charge in [0.25, 0.3) is 0 Å². The monoisotopic (exact) mass is 252 g/mol. The Bertz CT molecular complexity index is 414. The van der Waals surface area contributed by atoms with Crippen LogP contribution >= 0.6 is 0 Å². The molecule has 0 aliphatic carbocycles. The van der Waals surface area contributed by atoms with Crippen LogP contribution in [0.4, 0.5) is 4.79 Å². The van der Waals surface area contributed by atoms with E-state index in [1.54, 1.807) is 6.08 Å². The zero-order valence-electron chi connectivity index (χ0n) is 11.4. The molecule has 1 rings (SSSR count). The molecule has 1 saturated heterocycles. The lowest BCUT2D eigenvalue weighted by atomic mass is 9.72. The van der Waals surface area contributed by atoms with Gasteiger partial charge in [0, 0.05) is 7.05 Å². The molecule has 1 aliphatic heterocycles. The summed E-state index contributed by atoms with van der Waals surface area (Å²) in [6.07, 6.45) is 3.52. The summed E-state index contributed by atoms with van der Waals surface area (Å²) in [6, 6.07) is -0.650. The molecule has 1 N–H and O–H groups in total. The summed E-state index contributed by atoms with van der Waals surface area (Å²) in [5, 5.41) is 2.27. The Hall–Kier alpha value is -1.65. The first kappa shape index (κ1) is 14.4. The second kappa shape index (κ2) is 5.33. The number of barbiturate groups is 1. The number of amides is 4. The Labute approximate surface area is 107 Å². The number of rotatable bonds is 4. The zero-order valence-corrected chi connectivity index (χ0v) is 11.4. The van der Waals surface area contributed by atoms with E-state index in [9.17, 15) is 14.4 Å². The maximum absolute atomic E-state index is 12.4. The largest absolute Gasteiger partial charge is 0.330 e. The number of urea groups is 1. The van der Waals surface area contributed by atoms with Crippen LogP contribution in [0.5, 0.6) is 0 Å². The molecule has 100 valence electrons. The molecule has 0 aromatic heterocycles. The van der Waals surface area contributed by atoms with E-state index >= 15 is 0 Å². The molecule has 0 radical (unpaired) electrons. The van der Waals surface area contributed by atoms with Crippen LogP contribution in [0.25, 0.3) is 0 Å². The van der Waals surface area contributed by atoms with Crippen molar-refractivity contribution < 1.29 is 14.4 Å². The highest BCUT2D eigenvalue weighted by molar-refractivity contribution is 6.20. The number of imide groups is 2. The summed E-state index contributed by atoms with van der Waals surface area (Å²) in [6.45, 7) is 5.64. The van der Waals surface area contributed by atoms with Gasteiger partial charge in [-0.15, -0.1) is 0 Å². The minimum atomic E-state index is -1.21. The van der Waals surface area contributed by atoms with E-state index in [1.807, 2.05) is 20.8 Å². The molecule has 0 saturated carbocycles. The highest BCUT2D eigenvalue weighted by Gasteiger charge is 2.53. The first-order valence-corrected chi connectivity index (χ1v) is 6.24. The van der Waals surface area contributed by atoms with Crippen molar-refractivity contribution in [2.75, 3.05) is 7.05 Å². The number of hydrogen-bond donors (Lipinski definition) is 1. The number of hydrogen-bond acceptors (Lipinski definition) is 3. The van der Waals surface area contributed by atoms with Crippen LogP contribution < -0.4 is 5.32 Å². The topological polar surface area (TPSA) is 66.5 Å². The van der Waals surface area contributed by atoms with Crippen molar-refractivity contribution in [2.45, 2.75) is 40.0 Å². The number of nitrogens with zero attached hydrogens (tertiary/aromatic N) is 1. The lowest BCUT2D eigenvalue weighted by molar-refractivity contribution is -0.148. The number of nitrogens with one attached hydrogen (secondary N) is 1. The summed E-state index contributed by atoms with van der Waals surface area (Å²) in [7, 11) is 1.40. The van der Waals surface area contributed by atoms with Crippen LogP contribution in [0.2, 0.25) is 0 Å². The molecule has 18 heavy (non-hydrogen) atoms. The van der Waals surface area contributed by atoms with Gasteiger partial charge in [0.1, 0.15) is 5.41 Å². The van der Waals surface area contributed by atoms with Gasteiger partial charge in [-0.2, -0.15) is 0 Å². The van der Waals surface area contributed by atoms with E-state index in [0.29, 0.717) is 19.3 Å². The standard InChI is InChI=1S/C13H20N2O3/c1-5-8-13(9(6-2)7-3)10(16)14-12(18)15(4)11(13)17/h6H,5,7-8H2,1-4H3,(H,14,16,18)/b9-6+. The normalized spacial score (nSPS) is 25.4. The highest BCUT2D eigenvalue weighted by Crippen LogP contribution is 2.39.